The monoisotopic (exact) mass is 263 g/mol. The van der Waals surface area contributed by atoms with Crippen LogP contribution in [0.15, 0.2) is 5.16 Å². The van der Waals surface area contributed by atoms with Crippen LogP contribution in [0.5, 0.6) is 0 Å². The second kappa shape index (κ2) is 6.20. The maximum atomic E-state index is 11.3. The Balaban J connectivity index is 2.34. The molecule has 100 valence electrons. The van der Waals surface area contributed by atoms with E-state index in [0.717, 1.165) is 12.8 Å². The standard InChI is InChI=1S/C10H21N3O3S/c1-2-9(5-10(11)13-14)12-6-8-3-4-17(15,16)7-8/h8-9,12,14H,2-7H2,1H3,(H2,11,13). The maximum absolute atomic E-state index is 11.3. The molecular weight excluding hydrogens is 242 g/mol. The summed E-state index contributed by atoms with van der Waals surface area (Å²) in [6, 6.07) is 0.134. The van der Waals surface area contributed by atoms with Crippen LogP contribution in [0.25, 0.3) is 0 Å². The van der Waals surface area contributed by atoms with Crippen LogP contribution >= 0.6 is 0 Å². The lowest BCUT2D eigenvalue weighted by molar-refractivity contribution is 0.315. The van der Waals surface area contributed by atoms with Crippen molar-refractivity contribution in [3.8, 4) is 0 Å². The van der Waals surface area contributed by atoms with Crippen LogP contribution in [0, 0.1) is 5.92 Å². The van der Waals surface area contributed by atoms with Crippen molar-refractivity contribution in [3.05, 3.63) is 0 Å². The number of nitrogens with two attached hydrogens (primary N) is 1. The smallest absolute Gasteiger partial charge is 0.150 e. The Kier molecular flexibility index (Phi) is 5.20. The lowest BCUT2D eigenvalue weighted by Crippen LogP contribution is -2.36. The molecule has 1 rings (SSSR count). The first-order valence-corrected chi connectivity index (χ1v) is 7.69. The Morgan fingerprint density at radius 2 is 2.35 bits per heavy atom. The van der Waals surface area contributed by atoms with Crippen LogP contribution < -0.4 is 11.1 Å². The van der Waals surface area contributed by atoms with Gasteiger partial charge in [0.25, 0.3) is 0 Å². The summed E-state index contributed by atoms with van der Waals surface area (Å²) in [4.78, 5) is 0. The SMILES string of the molecule is CCC(CC(N)=NO)NCC1CCS(=O)(=O)C1. The van der Waals surface area contributed by atoms with E-state index in [4.69, 9.17) is 10.9 Å². The first kappa shape index (κ1) is 14.2. The van der Waals surface area contributed by atoms with Gasteiger partial charge in [-0.15, -0.1) is 0 Å². The number of hydrogen-bond donors (Lipinski definition) is 3. The van der Waals surface area contributed by atoms with Crippen molar-refractivity contribution in [2.45, 2.75) is 32.2 Å². The first-order valence-electron chi connectivity index (χ1n) is 5.87. The van der Waals surface area contributed by atoms with Crippen molar-refractivity contribution in [2.75, 3.05) is 18.1 Å². The number of hydrogen-bond acceptors (Lipinski definition) is 5. The Morgan fingerprint density at radius 1 is 1.65 bits per heavy atom. The minimum absolute atomic E-state index is 0.134. The summed E-state index contributed by atoms with van der Waals surface area (Å²) in [6.07, 6.45) is 2.07. The highest BCUT2D eigenvalue weighted by Crippen LogP contribution is 2.17. The molecule has 0 aliphatic carbocycles. The minimum atomic E-state index is -2.81. The molecule has 4 N–H and O–H groups in total. The second-order valence-corrected chi connectivity index (χ2v) is 6.81. The highest BCUT2D eigenvalue weighted by Gasteiger charge is 2.27. The van der Waals surface area contributed by atoms with E-state index in [0.29, 0.717) is 18.7 Å². The molecule has 0 saturated carbocycles. The molecule has 17 heavy (non-hydrogen) atoms. The summed E-state index contributed by atoms with van der Waals surface area (Å²) in [6.45, 7) is 2.68. The lowest BCUT2D eigenvalue weighted by atomic mass is 10.1. The zero-order valence-electron chi connectivity index (χ0n) is 10.1. The Hall–Kier alpha value is -0.820. The summed E-state index contributed by atoms with van der Waals surface area (Å²) in [5.74, 6) is 0.973. The molecule has 1 heterocycles. The van der Waals surface area contributed by atoms with Crippen LogP contribution in [-0.4, -0.2) is 43.6 Å². The molecule has 0 spiro atoms. The highest BCUT2D eigenvalue weighted by atomic mass is 32.2. The van der Waals surface area contributed by atoms with Gasteiger partial charge in [-0.05, 0) is 25.3 Å². The van der Waals surface area contributed by atoms with Crippen LogP contribution in [0.1, 0.15) is 26.2 Å². The first-order chi connectivity index (χ1) is 7.96. The third kappa shape index (κ3) is 4.91. The number of sulfone groups is 1. The van der Waals surface area contributed by atoms with E-state index in [1.54, 1.807) is 0 Å². The minimum Gasteiger partial charge on any atom is -0.409 e. The predicted octanol–water partition coefficient (Wildman–Crippen LogP) is -0.0742. The van der Waals surface area contributed by atoms with Gasteiger partial charge in [-0.25, -0.2) is 8.42 Å². The predicted molar refractivity (Wildman–Crippen MR) is 66.9 cm³/mol. The molecule has 1 fully saturated rings. The topological polar surface area (TPSA) is 105 Å². The molecule has 6 nitrogen and oxygen atoms in total. The van der Waals surface area contributed by atoms with Crippen LogP contribution in [-0.2, 0) is 9.84 Å². The molecule has 0 amide bonds. The van der Waals surface area contributed by atoms with Crippen molar-refractivity contribution < 1.29 is 13.6 Å². The van der Waals surface area contributed by atoms with Gasteiger partial charge in [0.15, 0.2) is 9.84 Å². The average molecular weight is 263 g/mol. The number of oxime groups is 1. The van der Waals surface area contributed by atoms with Crippen LogP contribution in [0.4, 0.5) is 0 Å². The zero-order valence-corrected chi connectivity index (χ0v) is 10.9. The van der Waals surface area contributed by atoms with Gasteiger partial charge in [-0.2, -0.15) is 0 Å². The normalized spacial score (nSPS) is 25.9. The van der Waals surface area contributed by atoms with Crippen molar-refractivity contribution in [1.29, 1.82) is 0 Å². The summed E-state index contributed by atoms with van der Waals surface area (Å²) in [5, 5.41) is 14.7. The van der Waals surface area contributed by atoms with E-state index in [1.165, 1.54) is 0 Å². The van der Waals surface area contributed by atoms with E-state index in [2.05, 4.69) is 10.5 Å². The summed E-state index contributed by atoms with van der Waals surface area (Å²) in [7, 11) is -2.81. The van der Waals surface area contributed by atoms with Crippen molar-refractivity contribution in [1.82, 2.24) is 5.32 Å². The molecule has 0 bridgehead atoms. The molecule has 2 atom stereocenters. The van der Waals surface area contributed by atoms with Gasteiger partial charge in [-0.1, -0.05) is 12.1 Å². The molecule has 0 aromatic carbocycles. The highest BCUT2D eigenvalue weighted by molar-refractivity contribution is 7.91. The Morgan fingerprint density at radius 3 is 2.82 bits per heavy atom. The van der Waals surface area contributed by atoms with Crippen LogP contribution in [0.3, 0.4) is 0 Å². The Labute approximate surface area is 102 Å². The summed E-state index contributed by atoms with van der Waals surface area (Å²) < 4.78 is 22.6. The van der Waals surface area contributed by atoms with Gasteiger partial charge >= 0.3 is 0 Å². The quantitative estimate of drug-likeness (QED) is 0.269. The van der Waals surface area contributed by atoms with Crippen molar-refractivity contribution in [2.24, 2.45) is 16.8 Å². The fraction of sp³-hybridized carbons (Fsp3) is 0.900. The van der Waals surface area contributed by atoms with E-state index >= 15 is 0 Å². The molecule has 0 aromatic heterocycles. The van der Waals surface area contributed by atoms with Gasteiger partial charge in [0.05, 0.1) is 11.5 Å². The number of amidine groups is 1. The molecule has 1 aliphatic rings. The van der Waals surface area contributed by atoms with Gasteiger partial charge in [0.1, 0.15) is 5.84 Å². The summed E-state index contributed by atoms with van der Waals surface area (Å²) >= 11 is 0. The van der Waals surface area contributed by atoms with Gasteiger partial charge < -0.3 is 16.3 Å². The molecule has 0 aromatic rings. The van der Waals surface area contributed by atoms with E-state index < -0.39 is 9.84 Å². The van der Waals surface area contributed by atoms with Crippen LogP contribution in [0.2, 0.25) is 0 Å². The second-order valence-electron chi connectivity index (χ2n) is 4.58. The maximum Gasteiger partial charge on any atom is 0.150 e. The molecule has 7 heteroatoms. The van der Waals surface area contributed by atoms with Gasteiger partial charge in [-0.3, -0.25) is 0 Å². The van der Waals surface area contributed by atoms with E-state index in [-0.39, 0.29) is 23.5 Å². The van der Waals surface area contributed by atoms with Gasteiger partial charge in [0.2, 0.25) is 0 Å². The molecule has 1 aliphatic heterocycles. The number of nitrogens with one attached hydrogen (secondary N) is 1. The van der Waals surface area contributed by atoms with E-state index in [1.807, 2.05) is 6.92 Å². The van der Waals surface area contributed by atoms with Gasteiger partial charge in [0, 0.05) is 12.5 Å². The molecule has 2 unspecified atom stereocenters. The van der Waals surface area contributed by atoms with Crippen molar-refractivity contribution >= 4 is 15.7 Å². The molecule has 1 saturated heterocycles. The largest absolute Gasteiger partial charge is 0.409 e. The fourth-order valence-electron chi connectivity index (χ4n) is 2.02. The third-order valence-electron chi connectivity index (χ3n) is 3.10. The average Bonchev–Trinajstić information content (AvgIpc) is 2.63. The van der Waals surface area contributed by atoms with Crippen molar-refractivity contribution in [3.63, 3.8) is 0 Å². The fourth-order valence-corrected chi connectivity index (χ4v) is 3.88. The summed E-state index contributed by atoms with van der Waals surface area (Å²) in [5.41, 5.74) is 5.44. The van der Waals surface area contributed by atoms with E-state index in [9.17, 15) is 8.42 Å². The number of rotatable bonds is 6. The number of nitrogens with zero attached hydrogens (tertiary/aromatic N) is 1. The lowest BCUT2D eigenvalue weighted by Gasteiger charge is -2.18. The molecule has 0 radical (unpaired) electrons. The zero-order chi connectivity index (χ0) is 12.9. The molecular formula is C10H21N3O3S. The third-order valence-corrected chi connectivity index (χ3v) is 4.94. The Bertz CT molecular complexity index is 367.